The summed E-state index contributed by atoms with van der Waals surface area (Å²) in [6.07, 6.45) is 0.681. The van der Waals surface area contributed by atoms with Crippen molar-refractivity contribution in [2.24, 2.45) is 5.92 Å². The molecule has 0 radical (unpaired) electrons. The zero-order chi connectivity index (χ0) is 15.4. The summed E-state index contributed by atoms with van der Waals surface area (Å²) < 4.78 is 5.50. The van der Waals surface area contributed by atoms with Gasteiger partial charge in [0, 0.05) is 19.2 Å². The first kappa shape index (κ1) is 16.4. The smallest absolute Gasteiger partial charge is 0.226 e. The maximum absolute atomic E-state index is 12.0. The largest absolute Gasteiger partial charge is 0.493 e. The highest BCUT2D eigenvalue weighted by Gasteiger charge is 2.26. The number of halogens is 2. The monoisotopic (exact) mass is 331 g/mol. The van der Waals surface area contributed by atoms with E-state index >= 15 is 0 Å². The van der Waals surface area contributed by atoms with Gasteiger partial charge in [-0.1, -0.05) is 30.1 Å². The van der Waals surface area contributed by atoms with E-state index in [1.807, 2.05) is 6.92 Å². The van der Waals surface area contributed by atoms with Crippen molar-refractivity contribution in [1.82, 2.24) is 4.90 Å². The molecule has 6 heteroatoms. The van der Waals surface area contributed by atoms with E-state index in [4.69, 9.17) is 27.9 Å². The van der Waals surface area contributed by atoms with Gasteiger partial charge in [0.25, 0.3) is 0 Å². The third-order valence-electron chi connectivity index (χ3n) is 3.75. The number of aliphatic hydroxyl groups is 1. The number of carbonyl (C=O) groups excluding carboxylic acids is 1. The van der Waals surface area contributed by atoms with Gasteiger partial charge in [0.15, 0.2) is 0 Å². The van der Waals surface area contributed by atoms with Crippen molar-refractivity contribution in [3.8, 4) is 5.75 Å². The minimum absolute atomic E-state index is 0.000936. The third-order valence-corrected chi connectivity index (χ3v) is 4.49. The summed E-state index contributed by atoms with van der Waals surface area (Å²) in [5, 5.41) is 10.7. The van der Waals surface area contributed by atoms with Crippen molar-refractivity contribution < 1.29 is 14.6 Å². The van der Waals surface area contributed by atoms with Crippen LogP contribution in [0.1, 0.15) is 19.8 Å². The van der Waals surface area contributed by atoms with Gasteiger partial charge in [-0.15, -0.1) is 0 Å². The van der Waals surface area contributed by atoms with Crippen LogP contribution in [0, 0.1) is 5.92 Å². The fraction of sp³-hybridized carbons (Fsp3) is 0.533. The second kappa shape index (κ2) is 7.34. The standard InChI is InChI=1S/C15H19Cl2NO3/c1-10-4-6-18(9-14(10)19)15(20)5-7-21-11-2-3-12(16)13(17)8-11/h2-3,8,10,14,19H,4-7,9H2,1H3. The van der Waals surface area contributed by atoms with Crippen LogP contribution in [0.15, 0.2) is 18.2 Å². The number of carbonyl (C=O) groups is 1. The molecule has 1 aliphatic heterocycles. The molecule has 0 aromatic heterocycles. The number of ether oxygens (including phenoxy) is 1. The zero-order valence-electron chi connectivity index (χ0n) is 11.9. The van der Waals surface area contributed by atoms with Gasteiger partial charge < -0.3 is 14.7 Å². The van der Waals surface area contributed by atoms with E-state index in [2.05, 4.69) is 0 Å². The van der Waals surface area contributed by atoms with Gasteiger partial charge in [-0.25, -0.2) is 0 Å². The van der Waals surface area contributed by atoms with E-state index in [0.717, 1.165) is 6.42 Å². The molecule has 1 heterocycles. The van der Waals surface area contributed by atoms with E-state index in [-0.39, 0.29) is 24.9 Å². The van der Waals surface area contributed by atoms with Gasteiger partial charge in [0.05, 0.1) is 29.2 Å². The Labute approximate surface area is 134 Å². The molecule has 4 nitrogen and oxygen atoms in total. The lowest BCUT2D eigenvalue weighted by molar-refractivity contribution is -0.135. The predicted octanol–water partition coefficient (Wildman–Crippen LogP) is 2.99. The summed E-state index contributed by atoms with van der Waals surface area (Å²) in [6, 6.07) is 5.00. The molecular formula is C15H19Cl2NO3. The first-order chi connectivity index (χ1) is 9.97. The van der Waals surface area contributed by atoms with Gasteiger partial charge in [0.1, 0.15) is 5.75 Å². The summed E-state index contributed by atoms with van der Waals surface area (Å²) in [6.45, 7) is 3.38. The van der Waals surface area contributed by atoms with E-state index in [9.17, 15) is 9.90 Å². The quantitative estimate of drug-likeness (QED) is 0.922. The van der Waals surface area contributed by atoms with Crippen LogP contribution in [0.4, 0.5) is 0 Å². The average Bonchev–Trinajstić information content (AvgIpc) is 2.45. The van der Waals surface area contributed by atoms with Gasteiger partial charge >= 0.3 is 0 Å². The van der Waals surface area contributed by atoms with Crippen molar-refractivity contribution in [3.05, 3.63) is 28.2 Å². The average molecular weight is 332 g/mol. The highest BCUT2D eigenvalue weighted by atomic mass is 35.5. The molecule has 2 rings (SSSR count). The summed E-state index contributed by atoms with van der Waals surface area (Å²) in [4.78, 5) is 13.7. The van der Waals surface area contributed by atoms with Crippen LogP contribution in [-0.4, -0.2) is 41.7 Å². The van der Waals surface area contributed by atoms with Crippen molar-refractivity contribution in [2.75, 3.05) is 19.7 Å². The van der Waals surface area contributed by atoms with Crippen LogP contribution in [0.25, 0.3) is 0 Å². The topological polar surface area (TPSA) is 49.8 Å². The Morgan fingerprint density at radius 2 is 2.19 bits per heavy atom. The number of benzene rings is 1. The SMILES string of the molecule is CC1CCN(C(=O)CCOc2ccc(Cl)c(Cl)c2)CC1O. The molecule has 0 aliphatic carbocycles. The molecule has 116 valence electrons. The first-order valence-electron chi connectivity index (χ1n) is 7.01. The summed E-state index contributed by atoms with van der Waals surface area (Å²) in [5.41, 5.74) is 0. The lowest BCUT2D eigenvalue weighted by atomic mass is 9.96. The first-order valence-corrected chi connectivity index (χ1v) is 7.76. The number of likely N-dealkylation sites (tertiary alicyclic amines) is 1. The molecule has 21 heavy (non-hydrogen) atoms. The molecule has 0 spiro atoms. The van der Waals surface area contributed by atoms with E-state index in [1.165, 1.54) is 0 Å². The lowest BCUT2D eigenvalue weighted by Gasteiger charge is -2.34. The number of rotatable bonds is 4. The van der Waals surface area contributed by atoms with Crippen molar-refractivity contribution in [3.63, 3.8) is 0 Å². The number of β-amino-alcohol motifs (C(OH)–C–C–N with tert-alkyl or cyclic N) is 1. The molecule has 2 unspecified atom stereocenters. The Morgan fingerprint density at radius 1 is 1.43 bits per heavy atom. The lowest BCUT2D eigenvalue weighted by Crippen LogP contribution is -2.46. The molecule has 1 amide bonds. The van der Waals surface area contributed by atoms with Gasteiger partial charge in [-0.2, -0.15) is 0 Å². The highest BCUT2D eigenvalue weighted by Crippen LogP contribution is 2.26. The fourth-order valence-corrected chi connectivity index (χ4v) is 2.54. The van der Waals surface area contributed by atoms with Gasteiger partial charge in [-0.3, -0.25) is 4.79 Å². The van der Waals surface area contributed by atoms with Crippen LogP contribution in [-0.2, 0) is 4.79 Å². The van der Waals surface area contributed by atoms with E-state index in [0.29, 0.717) is 28.9 Å². The van der Waals surface area contributed by atoms with Crippen molar-refractivity contribution in [1.29, 1.82) is 0 Å². The van der Waals surface area contributed by atoms with Crippen molar-refractivity contribution in [2.45, 2.75) is 25.9 Å². The Bertz CT molecular complexity index is 510. The molecule has 1 fully saturated rings. The molecule has 1 aromatic carbocycles. The van der Waals surface area contributed by atoms with E-state index in [1.54, 1.807) is 23.1 Å². The predicted molar refractivity (Wildman–Crippen MR) is 82.9 cm³/mol. The van der Waals surface area contributed by atoms with Gasteiger partial charge in [0.2, 0.25) is 5.91 Å². The number of piperidine rings is 1. The van der Waals surface area contributed by atoms with Gasteiger partial charge in [-0.05, 0) is 24.5 Å². The number of hydrogen-bond acceptors (Lipinski definition) is 3. The molecule has 1 saturated heterocycles. The molecule has 0 bridgehead atoms. The minimum atomic E-state index is -0.432. The maximum Gasteiger partial charge on any atom is 0.226 e. The minimum Gasteiger partial charge on any atom is -0.493 e. The highest BCUT2D eigenvalue weighted by molar-refractivity contribution is 6.42. The van der Waals surface area contributed by atoms with Crippen LogP contribution in [0.3, 0.4) is 0 Å². The Hall–Kier alpha value is -0.970. The fourth-order valence-electron chi connectivity index (χ4n) is 2.26. The normalized spacial score (nSPS) is 22.2. The summed E-state index contributed by atoms with van der Waals surface area (Å²) >= 11 is 11.7. The Balaban J connectivity index is 1.77. The van der Waals surface area contributed by atoms with Crippen molar-refractivity contribution >= 4 is 29.1 Å². The second-order valence-electron chi connectivity index (χ2n) is 5.35. The summed E-state index contributed by atoms with van der Waals surface area (Å²) in [7, 11) is 0. The molecule has 1 N–H and O–H groups in total. The zero-order valence-corrected chi connectivity index (χ0v) is 13.4. The molecule has 0 saturated carbocycles. The molecule has 1 aromatic rings. The number of nitrogens with zero attached hydrogens (tertiary/aromatic N) is 1. The Kier molecular flexibility index (Phi) is 5.73. The maximum atomic E-state index is 12.0. The van der Waals surface area contributed by atoms with Crippen LogP contribution in [0.5, 0.6) is 5.75 Å². The van der Waals surface area contributed by atoms with Crippen LogP contribution in [0.2, 0.25) is 10.0 Å². The Morgan fingerprint density at radius 3 is 2.86 bits per heavy atom. The molecule has 2 atom stereocenters. The van der Waals surface area contributed by atoms with E-state index < -0.39 is 6.10 Å². The van der Waals surface area contributed by atoms with Crippen LogP contribution < -0.4 is 4.74 Å². The third kappa shape index (κ3) is 4.50. The number of amides is 1. The number of hydrogen-bond donors (Lipinski definition) is 1. The summed E-state index contributed by atoms with van der Waals surface area (Å²) in [5.74, 6) is 0.840. The molecular weight excluding hydrogens is 313 g/mol. The second-order valence-corrected chi connectivity index (χ2v) is 6.16. The van der Waals surface area contributed by atoms with Crippen LogP contribution >= 0.6 is 23.2 Å². The number of aliphatic hydroxyl groups excluding tert-OH is 1. The molecule has 1 aliphatic rings.